The molecular formula is C24H24ClF3N4OS2. The predicted molar refractivity (Wildman–Crippen MR) is 136 cm³/mol. The minimum Gasteiger partial charge on any atom is -0.324 e. The lowest BCUT2D eigenvalue weighted by Crippen LogP contribution is -2.25. The number of aromatic nitrogens is 3. The van der Waals surface area contributed by atoms with E-state index in [4.69, 9.17) is 11.6 Å². The summed E-state index contributed by atoms with van der Waals surface area (Å²) in [4.78, 5) is 14.0. The van der Waals surface area contributed by atoms with Crippen molar-refractivity contribution in [3.63, 3.8) is 0 Å². The lowest BCUT2D eigenvalue weighted by Gasteiger charge is -2.17. The van der Waals surface area contributed by atoms with Crippen LogP contribution in [0.4, 0.5) is 18.9 Å². The van der Waals surface area contributed by atoms with Gasteiger partial charge in [-0.25, -0.2) is 0 Å². The van der Waals surface area contributed by atoms with E-state index >= 15 is 0 Å². The van der Waals surface area contributed by atoms with Crippen molar-refractivity contribution in [1.29, 1.82) is 0 Å². The van der Waals surface area contributed by atoms with Crippen LogP contribution in [0.15, 0.2) is 65.2 Å². The number of thioether (sulfide) groups is 2. The number of carbonyl (C=O) groups excluding carboxylic acids is 1. The molecule has 0 aliphatic rings. The molecule has 5 nitrogen and oxygen atoms in total. The highest BCUT2D eigenvalue weighted by Gasteiger charge is 2.31. The molecule has 186 valence electrons. The summed E-state index contributed by atoms with van der Waals surface area (Å²) < 4.78 is 41.1. The van der Waals surface area contributed by atoms with E-state index in [0.717, 1.165) is 28.9 Å². The first kappa shape index (κ1) is 27.2. The normalized spacial score (nSPS) is 12.4. The summed E-state index contributed by atoms with van der Waals surface area (Å²) >= 11 is 8.85. The Bertz CT molecular complexity index is 1180. The Hall–Kier alpha value is -2.43. The summed E-state index contributed by atoms with van der Waals surface area (Å²) in [5.74, 6) is 0.837. The Balaban J connectivity index is 1.74. The molecule has 0 aliphatic heterocycles. The van der Waals surface area contributed by atoms with Crippen LogP contribution in [0.2, 0.25) is 5.02 Å². The fourth-order valence-corrected chi connectivity index (χ4v) is 5.05. The maximum atomic E-state index is 13.1. The number of benzene rings is 2. The minimum atomic E-state index is -4.54. The lowest BCUT2D eigenvalue weighted by atomic mass is 10.2. The summed E-state index contributed by atoms with van der Waals surface area (Å²) in [6, 6.07) is 11.0. The SMILES string of the molecule is C=CCn1c(CSc2ccc(C)cc2)nnc1SC(CC)C(=O)Nc1cc(C(F)(F)F)ccc1Cl. The number of nitrogens with zero attached hydrogens (tertiary/aromatic N) is 3. The van der Waals surface area contributed by atoms with Crippen LogP contribution in [0.5, 0.6) is 0 Å². The zero-order chi connectivity index (χ0) is 25.6. The second-order valence-corrected chi connectivity index (χ2v) is 10.2. The van der Waals surface area contributed by atoms with Gasteiger partial charge in [0.15, 0.2) is 5.16 Å². The molecule has 0 fully saturated rings. The largest absolute Gasteiger partial charge is 0.416 e. The number of carbonyl (C=O) groups is 1. The minimum absolute atomic E-state index is 0.0245. The van der Waals surface area contributed by atoms with Crippen molar-refractivity contribution in [2.45, 2.75) is 54.0 Å². The molecule has 0 saturated heterocycles. The van der Waals surface area contributed by atoms with E-state index in [1.54, 1.807) is 17.8 Å². The fourth-order valence-electron chi connectivity index (χ4n) is 3.07. The van der Waals surface area contributed by atoms with Crippen LogP contribution in [0, 0.1) is 6.92 Å². The number of hydrogen-bond acceptors (Lipinski definition) is 5. The van der Waals surface area contributed by atoms with E-state index in [1.165, 1.54) is 17.3 Å². The molecule has 1 N–H and O–H groups in total. The number of rotatable bonds is 10. The molecule has 0 radical (unpaired) electrons. The van der Waals surface area contributed by atoms with Gasteiger partial charge in [0.1, 0.15) is 5.82 Å². The van der Waals surface area contributed by atoms with Crippen LogP contribution in [-0.4, -0.2) is 25.9 Å². The standard InChI is InChI=1S/C24H24ClF3N4OS2/c1-4-12-32-21(14-34-17-9-6-15(3)7-10-17)30-31-23(32)35-20(5-2)22(33)29-19-13-16(24(26,27)28)8-11-18(19)25/h4,6-11,13,20H,1,5,12,14H2,2-3H3,(H,29,33). The molecule has 1 atom stereocenters. The molecule has 0 spiro atoms. The van der Waals surface area contributed by atoms with E-state index in [-0.39, 0.29) is 10.7 Å². The first-order valence-corrected chi connectivity index (χ1v) is 12.9. The first-order valence-electron chi connectivity index (χ1n) is 10.7. The van der Waals surface area contributed by atoms with Crippen LogP contribution < -0.4 is 5.32 Å². The maximum Gasteiger partial charge on any atom is 0.416 e. The fraction of sp³-hybridized carbons (Fsp3) is 0.292. The summed E-state index contributed by atoms with van der Waals surface area (Å²) in [5.41, 5.74) is 0.200. The molecular weight excluding hydrogens is 517 g/mol. The van der Waals surface area contributed by atoms with Gasteiger partial charge in [0.25, 0.3) is 0 Å². The Morgan fingerprint density at radius 3 is 2.57 bits per heavy atom. The second-order valence-electron chi connectivity index (χ2n) is 7.60. The third-order valence-corrected chi connectivity index (χ3v) is 7.64. The van der Waals surface area contributed by atoms with Crippen LogP contribution in [0.25, 0.3) is 0 Å². The monoisotopic (exact) mass is 540 g/mol. The Labute approximate surface area is 215 Å². The number of hydrogen-bond donors (Lipinski definition) is 1. The van der Waals surface area contributed by atoms with Crippen LogP contribution in [0.1, 0.15) is 30.3 Å². The van der Waals surface area contributed by atoms with Gasteiger partial charge in [-0.1, -0.05) is 54.1 Å². The Morgan fingerprint density at radius 2 is 1.94 bits per heavy atom. The molecule has 0 bridgehead atoms. The average Bonchev–Trinajstić information content (AvgIpc) is 3.19. The summed E-state index contributed by atoms with van der Waals surface area (Å²) in [6.07, 6.45) is -2.41. The predicted octanol–water partition coefficient (Wildman–Crippen LogP) is 7.25. The topological polar surface area (TPSA) is 59.8 Å². The Morgan fingerprint density at radius 1 is 1.23 bits per heavy atom. The van der Waals surface area contributed by atoms with Crippen LogP contribution in [-0.2, 0) is 23.3 Å². The maximum absolute atomic E-state index is 13.1. The second kappa shape index (κ2) is 12.0. The van der Waals surface area contributed by atoms with Crippen molar-refractivity contribution >= 4 is 46.7 Å². The number of amides is 1. The molecule has 1 unspecified atom stereocenters. The van der Waals surface area contributed by atoms with Crippen LogP contribution in [0.3, 0.4) is 0 Å². The van der Waals surface area contributed by atoms with Gasteiger partial charge in [-0.15, -0.1) is 28.5 Å². The van der Waals surface area contributed by atoms with Gasteiger partial charge in [-0.05, 0) is 43.7 Å². The smallest absolute Gasteiger partial charge is 0.324 e. The lowest BCUT2D eigenvalue weighted by molar-refractivity contribution is -0.137. The van der Waals surface area contributed by atoms with E-state index < -0.39 is 22.9 Å². The van der Waals surface area contributed by atoms with Gasteiger partial charge in [-0.2, -0.15) is 13.2 Å². The summed E-state index contributed by atoms with van der Waals surface area (Å²) in [6.45, 7) is 8.09. The van der Waals surface area contributed by atoms with Gasteiger partial charge in [-0.3, -0.25) is 4.79 Å². The highest BCUT2D eigenvalue weighted by molar-refractivity contribution is 8.00. The summed E-state index contributed by atoms with van der Waals surface area (Å²) in [7, 11) is 0. The Kier molecular flexibility index (Phi) is 9.32. The van der Waals surface area contributed by atoms with Crippen molar-refractivity contribution in [2.24, 2.45) is 0 Å². The van der Waals surface area contributed by atoms with Gasteiger partial charge in [0.2, 0.25) is 5.91 Å². The quantitative estimate of drug-likeness (QED) is 0.217. The molecule has 0 aliphatic carbocycles. The van der Waals surface area contributed by atoms with Crippen molar-refractivity contribution in [3.05, 3.63) is 77.1 Å². The van der Waals surface area contributed by atoms with Crippen molar-refractivity contribution in [1.82, 2.24) is 14.8 Å². The van der Waals surface area contributed by atoms with Gasteiger partial charge in [0.05, 0.1) is 27.3 Å². The van der Waals surface area contributed by atoms with Gasteiger partial charge < -0.3 is 9.88 Å². The number of anilines is 1. The number of alkyl halides is 3. The first-order chi connectivity index (χ1) is 16.6. The molecule has 1 aromatic heterocycles. The van der Waals surface area contributed by atoms with Crippen molar-refractivity contribution in [2.75, 3.05) is 5.32 Å². The third kappa shape index (κ3) is 7.28. The zero-order valence-corrected chi connectivity index (χ0v) is 21.5. The van der Waals surface area contributed by atoms with Crippen molar-refractivity contribution < 1.29 is 18.0 Å². The van der Waals surface area contributed by atoms with Crippen molar-refractivity contribution in [3.8, 4) is 0 Å². The zero-order valence-electron chi connectivity index (χ0n) is 19.1. The number of halogens is 4. The molecule has 1 amide bonds. The number of aryl methyl sites for hydroxylation is 1. The van der Waals surface area contributed by atoms with E-state index in [1.807, 2.05) is 42.7 Å². The van der Waals surface area contributed by atoms with Gasteiger partial charge >= 0.3 is 6.18 Å². The molecule has 3 rings (SSSR count). The average molecular weight is 541 g/mol. The molecule has 11 heteroatoms. The molecule has 2 aromatic carbocycles. The highest BCUT2D eigenvalue weighted by Crippen LogP contribution is 2.35. The summed E-state index contributed by atoms with van der Waals surface area (Å²) in [5, 5.41) is 11.0. The molecule has 35 heavy (non-hydrogen) atoms. The molecule has 0 saturated carbocycles. The van der Waals surface area contributed by atoms with Gasteiger partial charge in [0, 0.05) is 11.4 Å². The van der Waals surface area contributed by atoms with E-state index in [9.17, 15) is 18.0 Å². The van der Waals surface area contributed by atoms with E-state index in [2.05, 4.69) is 22.1 Å². The van der Waals surface area contributed by atoms with E-state index in [0.29, 0.717) is 23.9 Å². The number of allylic oxidation sites excluding steroid dienone is 1. The molecule has 1 heterocycles. The third-order valence-electron chi connectivity index (χ3n) is 4.96. The van der Waals surface area contributed by atoms with Crippen LogP contribution >= 0.6 is 35.1 Å². The number of nitrogens with one attached hydrogen (secondary N) is 1. The highest BCUT2D eigenvalue weighted by atomic mass is 35.5. The molecule has 3 aromatic rings.